The van der Waals surface area contributed by atoms with Crippen molar-refractivity contribution < 1.29 is 19.1 Å². The smallest absolute Gasteiger partial charge is 0.282 e. The first-order valence-corrected chi connectivity index (χ1v) is 11.4. The van der Waals surface area contributed by atoms with E-state index in [1.165, 1.54) is 4.90 Å². The second-order valence-electron chi connectivity index (χ2n) is 8.47. The molecule has 0 aromatic heterocycles. The molecule has 2 amide bonds. The largest absolute Gasteiger partial charge is 0.497 e. The van der Waals surface area contributed by atoms with Gasteiger partial charge in [-0.05, 0) is 81.9 Å². The Hall–Kier alpha value is -3.32. The Labute approximate surface area is 195 Å². The van der Waals surface area contributed by atoms with Crippen LogP contribution < -0.4 is 14.4 Å². The van der Waals surface area contributed by atoms with E-state index in [4.69, 9.17) is 9.47 Å². The van der Waals surface area contributed by atoms with Gasteiger partial charge in [0.2, 0.25) is 0 Å². The van der Waals surface area contributed by atoms with Crippen LogP contribution in [0.3, 0.4) is 0 Å². The lowest BCUT2D eigenvalue weighted by Gasteiger charge is -2.36. The Kier molecular flexibility index (Phi) is 6.70. The lowest BCUT2D eigenvalue weighted by molar-refractivity contribution is -0.120. The summed E-state index contributed by atoms with van der Waals surface area (Å²) in [5, 5.41) is 0. The standard InChI is InChI=1S/C26H31N3O4/c1-5-33-22-12-8-20(9-13-22)29-25(30)23(18-6-10-21(32-4)11-7-18)24(26(29)31)28(3)19-14-16-27(2)17-15-19/h6-13,19H,5,14-17H2,1-4H3. The molecule has 0 aliphatic carbocycles. The molecule has 2 aromatic carbocycles. The number of benzene rings is 2. The highest BCUT2D eigenvalue weighted by Gasteiger charge is 2.43. The minimum absolute atomic E-state index is 0.196. The Morgan fingerprint density at radius 3 is 2.12 bits per heavy atom. The summed E-state index contributed by atoms with van der Waals surface area (Å²) < 4.78 is 10.8. The molecule has 1 fully saturated rings. The number of piperidine rings is 1. The third-order valence-electron chi connectivity index (χ3n) is 6.43. The fourth-order valence-corrected chi connectivity index (χ4v) is 4.52. The second kappa shape index (κ2) is 9.67. The molecule has 0 saturated carbocycles. The number of methoxy groups -OCH3 is 1. The van der Waals surface area contributed by atoms with E-state index in [2.05, 4.69) is 11.9 Å². The molecular formula is C26H31N3O4. The Balaban J connectivity index is 1.73. The third kappa shape index (κ3) is 4.46. The summed E-state index contributed by atoms with van der Waals surface area (Å²) in [5.74, 6) is 0.789. The number of rotatable bonds is 7. The summed E-state index contributed by atoms with van der Waals surface area (Å²) in [6.45, 7) is 4.39. The van der Waals surface area contributed by atoms with Gasteiger partial charge in [0, 0.05) is 13.1 Å². The average molecular weight is 450 g/mol. The predicted octanol–water partition coefficient (Wildman–Crippen LogP) is 3.40. The van der Waals surface area contributed by atoms with E-state index < -0.39 is 0 Å². The van der Waals surface area contributed by atoms with Crippen LogP contribution in [0.5, 0.6) is 11.5 Å². The monoisotopic (exact) mass is 449 g/mol. The number of carbonyl (C=O) groups is 2. The van der Waals surface area contributed by atoms with E-state index in [9.17, 15) is 9.59 Å². The van der Waals surface area contributed by atoms with Crippen LogP contribution in [0.15, 0.2) is 54.2 Å². The quantitative estimate of drug-likeness (QED) is 0.604. The van der Waals surface area contributed by atoms with Gasteiger partial charge in [0.15, 0.2) is 0 Å². The molecule has 7 heteroatoms. The molecule has 0 spiro atoms. The molecule has 0 bridgehead atoms. The van der Waals surface area contributed by atoms with Gasteiger partial charge in [0.05, 0.1) is 25.0 Å². The fraction of sp³-hybridized carbons (Fsp3) is 0.385. The van der Waals surface area contributed by atoms with Crippen molar-refractivity contribution in [3.8, 4) is 11.5 Å². The van der Waals surface area contributed by atoms with Gasteiger partial charge in [-0.3, -0.25) is 9.59 Å². The molecule has 0 N–H and O–H groups in total. The number of nitrogens with zero attached hydrogens (tertiary/aromatic N) is 3. The Morgan fingerprint density at radius 1 is 0.939 bits per heavy atom. The van der Waals surface area contributed by atoms with Gasteiger partial charge in [-0.15, -0.1) is 0 Å². The molecule has 1 saturated heterocycles. The summed E-state index contributed by atoms with van der Waals surface area (Å²) >= 11 is 0. The molecule has 33 heavy (non-hydrogen) atoms. The van der Waals surface area contributed by atoms with Crippen molar-refractivity contribution in [1.82, 2.24) is 9.80 Å². The van der Waals surface area contributed by atoms with Gasteiger partial charge in [0.25, 0.3) is 11.8 Å². The van der Waals surface area contributed by atoms with Crippen molar-refractivity contribution in [2.45, 2.75) is 25.8 Å². The van der Waals surface area contributed by atoms with Crippen LogP contribution in [0.1, 0.15) is 25.3 Å². The number of likely N-dealkylation sites (N-methyl/N-ethyl adjacent to an activating group) is 1. The van der Waals surface area contributed by atoms with Crippen LogP contribution in [0.4, 0.5) is 5.69 Å². The van der Waals surface area contributed by atoms with Crippen molar-refractivity contribution in [2.24, 2.45) is 0 Å². The second-order valence-corrected chi connectivity index (χ2v) is 8.47. The minimum Gasteiger partial charge on any atom is -0.497 e. The van der Waals surface area contributed by atoms with Crippen molar-refractivity contribution >= 4 is 23.1 Å². The van der Waals surface area contributed by atoms with Crippen molar-refractivity contribution in [3.05, 3.63) is 59.8 Å². The highest BCUT2D eigenvalue weighted by Crippen LogP contribution is 2.37. The molecule has 2 aliphatic rings. The normalized spacial score (nSPS) is 17.6. The lowest BCUT2D eigenvalue weighted by atomic mass is 10.00. The maximum atomic E-state index is 13.7. The van der Waals surface area contributed by atoms with Crippen LogP contribution in [0.2, 0.25) is 0 Å². The summed E-state index contributed by atoms with van der Waals surface area (Å²) in [7, 11) is 5.64. The first kappa shape index (κ1) is 22.9. The van der Waals surface area contributed by atoms with E-state index in [0.717, 1.165) is 25.9 Å². The molecule has 7 nitrogen and oxygen atoms in total. The topological polar surface area (TPSA) is 62.3 Å². The predicted molar refractivity (Wildman–Crippen MR) is 128 cm³/mol. The van der Waals surface area contributed by atoms with E-state index in [1.54, 1.807) is 31.4 Å². The molecule has 174 valence electrons. The molecule has 0 atom stereocenters. The zero-order chi connectivity index (χ0) is 23.5. The van der Waals surface area contributed by atoms with E-state index in [0.29, 0.717) is 40.6 Å². The van der Waals surface area contributed by atoms with E-state index >= 15 is 0 Å². The number of likely N-dealkylation sites (tertiary alicyclic amines) is 1. The Bertz CT molecular complexity index is 1040. The summed E-state index contributed by atoms with van der Waals surface area (Å²) in [4.78, 5) is 33.0. The van der Waals surface area contributed by atoms with Crippen LogP contribution >= 0.6 is 0 Å². The van der Waals surface area contributed by atoms with Gasteiger partial charge in [-0.25, -0.2) is 4.90 Å². The SMILES string of the molecule is CCOc1ccc(N2C(=O)C(c3ccc(OC)cc3)=C(N(C)C3CCN(C)CC3)C2=O)cc1. The van der Waals surface area contributed by atoms with E-state index in [-0.39, 0.29) is 17.9 Å². The van der Waals surface area contributed by atoms with Gasteiger partial charge < -0.3 is 19.3 Å². The number of anilines is 1. The maximum absolute atomic E-state index is 13.7. The lowest BCUT2D eigenvalue weighted by Crippen LogP contribution is -2.43. The zero-order valence-corrected chi connectivity index (χ0v) is 19.7. The number of hydrogen-bond donors (Lipinski definition) is 0. The molecule has 2 heterocycles. The first-order chi connectivity index (χ1) is 15.9. The summed E-state index contributed by atoms with van der Waals surface area (Å²) in [5.41, 5.74) is 2.12. The van der Waals surface area contributed by atoms with Crippen molar-refractivity contribution in [2.75, 3.05) is 45.8 Å². The number of carbonyl (C=O) groups excluding carboxylic acids is 2. The first-order valence-electron chi connectivity index (χ1n) is 11.4. The number of hydrogen-bond acceptors (Lipinski definition) is 6. The van der Waals surface area contributed by atoms with Crippen LogP contribution in [-0.2, 0) is 9.59 Å². The zero-order valence-electron chi connectivity index (χ0n) is 19.7. The molecule has 4 rings (SSSR count). The number of ether oxygens (including phenoxy) is 2. The minimum atomic E-state index is -0.316. The summed E-state index contributed by atoms with van der Waals surface area (Å²) in [6.07, 6.45) is 1.88. The van der Waals surface area contributed by atoms with Gasteiger partial charge in [-0.2, -0.15) is 0 Å². The van der Waals surface area contributed by atoms with Gasteiger partial charge in [-0.1, -0.05) is 12.1 Å². The fourth-order valence-electron chi connectivity index (χ4n) is 4.52. The maximum Gasteiger partial charge on any atom is 0.282 e. The summed E-state index contributed by atoms with van der Waals surface area (Å²) in [6, 6.07) is 14.6. The van der Waals surface area contributed by atoms with Crippen LogP contribution in [0.25, 0.3) is 5.57 Å². The third-order valence-corrected chi connectivity index (χ3v) is 6.43. The number of amides is 2. The van der Waals surface area contributed by atoms with Crippen molar-refractivity contribution in [3.63, 3.8) is 0 Å². The number of imide groups is 1. The molecule has 0 radical (unpaired) electrons. The van der Waals surface area contributed by atoms with Crippen LogP contribution in [0, 0.1) is 0 Å². The highest BCUT2D eigenvalue weighted by molar-refractivity contribution is 6.45. The highest BCUT2D eigenvalue weighted by atomic mass is 16.5. The van der Waals surface area contributed by atoms with Crippen molar-refractivity contribution in [1.29, 1.82) is 0 Å². The van der Waals surface area contributed by atoms with Gasteiger partial charge in [0.1, 0.15) is 17.2 Å². The van der Waals surface area contributed by atoms with E-state index in [1.807, 2.05) is 43.1 Å². The molecule has 2 aromatic rings. The van der Waals surface area contributed by atoms with Crippen LogP contribution in [-0.4, -0.2) is 68.6 Å². The van der Waals surface area contributed by atoms with Gasteiger partial charge >= 0.3 is 0 Å². The Morgan fingerprint density at radius 2 is 1.55 bits per heavy atom. The molecule has 0 unspecified atom stereocenters. The molecule has 2 aliphatic heterocycles. The average Bonchev–Trinajstić information content (AvgIpc) is 3.10. The molecular weight excluding hydrogens is 418 g/mol.